The van der Waals surface area contributed by atoms with Crippen LogP contribution in [0.3, 0.4) is 0 Å². The standard InChI is InChI=1S/C77H122O6/c1-4-7-10-13-16-18-20-22-24-26-28-30-32-34-35-36-37-38-39-40-41-43-44-46-48-50-52-54-56-58-61-64-67-70-76(79)82-73-74(72-81-75(78)69-66-63-60-15-12-9-6-3)83-77(80)71-68-65-62-59-57-55-53-51-49-47-45-42-33-31-29-27-25-23-21-19-17-14-11-8-5-2/h7-8,10-11,16-19,22-25,28-31,34-35,37-38,40-42,44-46,49,51,74H,4-6,9,12-15,20-21,26-27,32-33,36,39,43,47-48,50,52-73H2,1-3H3/b10-7-,11-8-,18-16-,19-17-,24-22-,25-23-,30-28-,31-29-,35-34-,38-37-,41-40-,45-42-,46-44-,51-49-. The molecule has 0 amide bonds. The van der Waals surface area contributed by atoms with E-state index >= 15 is 0 Å². The Morgan fingerprint density at radius 3 is 0.735 bits per heavy atom. The van der Waals surface area contributed by atoms with Crippen LogP contribution in [0.1, 0.15) is 278 Å². The predicted molar refractivity (Wildman–Crippen MR) is 361 cm³/mol. The summed E-state index contributed by atoms with van der Waals surface area (Å²) in [5.74, 6) is -0.926. The van der Waals surface area contributed by atoms with Crippen LogP contribution in [0.15, 0.2) is 170 Å². The van der Waals surface area contributed by atoms with Crippen molar-refractivity contribution in [3.8, 4) is 0 Å². The van der Waals surface area contributed by atoms with E-state index in [1.807, 2.05) is 0 Å². The zero-order valence-corrected chi connectivity index (χ0v) is 53.4. The first kappa shape index (κ1) is 77.8. The van der Waals surface area contributed by atoms with Gasteiger partial charge in [0.2, 0.25) is 0 Å². The lowest BCUT2D eigenvalue weighted by atomic mass is 10.1. The zero-order chi connectivity index (χ0) is 59.9. The van der Waals surface area contributed by atoms with E-state index in [1.165, 1.54) is 70.6 Å². The molecule has 0 aromatic carbocycles. The summed E-state index contributed by atoms with van der Waals surface area (Å²) < 4.78 is 16.8. The first-order chi connectivity index (χ1) is 41.0. The van der Waals surface area contributed by atoms with Crippen molar-refractivity contribution in [3.63, 3.8) is 0 Å². The number of ether oxygens (including phenoxy) is 3. The Labute approximate surface area is 511 Å². The van der Waals surface area contributed by atoms with Crippen molar-refractivity contribution in [1.29, 1.82) is 0 Å². The summed E-state index contributed by atoms with van der Waals surface area (Å²) in [7, 11) is 0. The molecule has 0 aliphatic heterocycles. The van der Waals surface area contributed by atoms with Crippen LogP contribution in [-0.4, -0.2) is 37.2 Å². The van der Waals surface area contributed by atoms with Crippen LogP contribution in [0, 0.1) is 0 Å². The fourth-order valence-corrected chi connectivity index (χ4v) is 8.76. The molecule has 0 bridgehead atoms. The van der Waals surface area contributed by atoms with Crippen LogP contribution in [0.5, 0.6) is 0 Å². The molecule has 6 heteroatoms. The van der Waals surface area contributed by atoms with Gasteiger partial charge in [-0.25, -0.2) is 0 Å². The molecule has 0 N–H and O–H groups in total. The van der Waals surface area contributed by atoms with Gasteiger partial charge in [-0.1, -0.05) is 294 Å². The molecule has 0 radical (unpaired) electrons. The van der Waals surface area contributed by atoms with E-state index in [9.17, 15) is 14.4 Å². The summed E-state index contributed by atoms with van der Waals surface area (Å²) >= 11 is 0. The van der Waals surface area contributed by atoms with E-state index in [2.05, 4.69) is 191 Å². The number of esters is 3. The van der Waals surface area contributed by atoms with Gasteiger partial charge in [-0.05, 0) is 135 Å². The maximum absolute atomic E-state index is 12.9. The average Bonchev–Trinajstić information content (AvgIpc) is 3.50. The van der Waals surface area contributed by atoms with Gasteiger partial charge >= 0.3 is 17.9 Å². The number of hydrogen-bond donors (Lipinski definition) is 0. The van der Waals surface area contributed by atoms with Crippen LogP contribution in [0.2, 0.25) is 0 Å². The van der Waals surface area contributed by atoms with Gasteiger partial charge in [0.1, 0.15) is 13.2 Å². The van der Waals surface area contributed by atoms with E-state index in [4.69, 9.17) is 14.2 Å². The molecule has 0 aliphatic rings. The van der Waals surface area contributed by atoms with Crippen LogP contribution >= 0.6 is 0 Å². The van der Waals surface area contributed by atoms with Gasteiger partial charge in [-0.2, -0.15) is 0 Å². The Bertz CT molecular complexity index is 1890. The first-order valence-corrected chi connectivity index (χ1v) is 33.6. The Morgan fingerprint density at radius 2 is 0.470 bits per heavy atom. The highest BCUT2D eigenvalue weighted by Gasteiger charge is 2.19. The van der Waals surface area contributed by atoms with Gasteiger partial charge in [0.15, 0.2) is 6.10 Å². The Hall–Kier alpha value is -5.23. The lowest BCUT2D eigenvalue weighted by Crippen LogP contribution is -2.30. The number of carbonyl (C=O) groups is 3. The van der Waals surface area contributed by atoms with Gasteiger partial charge < -0.3 is 14.2 Å². The van der Waals surface area contributed by atoms with E-state index in [-0.39, 0.29) is 31.1 Å². The lowest BCUT2D eigenvalue weighted by Gasteiger charge is -2.18. The molecule has 0 spiro atoms. The van der Waals surface area contributed by atoms with Crippen molar-refractivity contribution in [2.24, 2.45) is 0 Å². The summed E-state index contributed by atoms with van der Waals surface area (Å²) in [4.78, 5) is 38.1. The molecule has 0 fully saturated rings. The summed E-state index contributed by atoms with van der Waals surface area (Å²) in [6.07, 6.45) is 102. The zero-order valence-electron chi connectivity index (χ0n) is 53.4. The van der Waals surface area contributed by atoms with Crippen LogP contribution in [0.25, 0.3) is 0 Å². The molecule has 0 saturated heterocycles. The molecule has 83 heavy (non-hydrogen) atoms. The third-order valence-electron chi connectivity index (χ3n) is 13.7. The molecule has 0 aliphatic carbocycles. The minimum atomic E-state index is -0.796. The molecule has 0 rings (SSSR count). The topological polar surface area (TPSA) is 78.9 Å². The number of hydrogen-bond acceptors (Lipinski definition) is 6. The molecule has 1 unspecified atom stereocenters. The number of allylic oxidation sites excluding steroid dienone is 28. The van der Waals surface area contributed by atoms with Gasteiger partial charge in [0.25, 0.3) is 0 Å². The third kappa shape index (κ3) is 67.4. The normalized spacial score (nSPS) is 13.2. The van der Waals surface area contributed by atoms with Crippen molar-refractivity contribution in [2.45, 2.75) is 284 Å². The lowest BCUT2D eigenvalue weighted by molar-refractivity contribution is -0.167. The fourth-order valence-electron chi connectivity index (χ4n) is 8.76. The highest BCUT2D eigenvalue weighted by molar-refractivity contribution is 5.71. The summed E-state index contributed by atoms with van der Waals surface area (Å²) in [6.45, 7) is 6.35. The predicted octanol–water partition coefficient (Wildman–Crippen LogP) is 23.4. The second kappa shape index (κ2) is 69.3. The molecule has 466 valence electrons. The van der Waals surface area contributed by atoms with Crippen molar-refractivity contribution in [1.82, 2.24) is 0 Å². The quantitative estimate of drug-likeness (QED) is 0.0261. The molecule has 0 aromatic heterocycles. The third-order valence-corrected chi connectivity index (χ3v) is 13.7. The van der Waals surface area contributed by atoms with Crippen LogP contribution in [0.4, 0.5) is 0 Å². The molecule has 6 nitrogen and oxygen atoms in total. The number of rotatable bonds is 59. The minimum Gasteiger partial charge on any atom is -0.462 e. The smallest absolute Gasteiger partial charge is 0.306 e. The van der Waals surface area contributed by atoms with Crippen molar-refractivity contribution in [3.05, 3.63) is 170 Å². The first-order valence-electron chi connectivity index (χ1n) is 33.6. The van der Waals surface area contributed by atoms with Gasteiger partial charge in [0, 0.05) is 19.3 Å². The van der Waals surface area contributed by atoms with Crippen LogP contribution in [-0.2, 0) is 28.6 Å². The maximum Gasteiger partial charge on any atom is 0.306 e. The molecule has 0 aromatic rings. The van der Waals surface area contributed by atoms with E-state index in [1.54, 1.807) is 0 Å². The van der Waals surface area contributed by atoms with E-state index < -0.39 is 6.10 Å². The van der Waals surface area contributed by atoms with Crippen molar-refractivity contribution >= 4 is 17.9 Å². The summed E-state index contributed by atoms with van der Waals surface area (Å²) in [5.41, 5.74) is 0. The fraction of sp³-hybridized carbons (Fsp3) is 0.597. The molecular weight excluding hydrogens is 1020 g/mol. The van der Waals surface area contributed by atoms with Gasteiger partial charge in [-0.15, -0.1) is 0 Å². The minimum absolute atomic E-state index is 0.0922. The molecule has 0 saturated carbocycles. The van der Waals surface area contributed by atoms with E-state index in [0.717, 1.165) is 167 Å². The maximum atomic E-state index is 12.9. The van der Waals surface area contributed by atoms with Gasteiger partial charge in [-0.3, -0.25) is 14.4 Å². The highest BCUT2D eigenvalue weighted by Crippen LogP contribution is 2.15. The second-order valence-electron chi connectivity index (χ2n) is 21.6. The Balaban J connectivity index is 4.21. The van der Waals surface area contributed by atoms with Gasteiger partial charge in [0.05, 0.1) is 0 Å². The van der Waals surface area contributed by atoms with Crippen LogP contribution < -0.4 is 0 Å². The Morgan fingerprint density at radius 1 is 0.253 bits per heavy atom. The second-order valence-corrected chi connectivity index (χ2v) is 21.6. The number of unbranched alkanes of at least 4 members (excludes halogenated alkanes) is 20. The molecular formula is C77H122O6. The summed E-state index contributed by atoms with van der Waals surface area (Å²) in [6, 6.07) is 0. The number of carbonyl (C=O) groups excluding carboxylic acids is 3. The monoisotopic (exact) mass is 1140 g/mol. The molecule has 0 heterocycles. The largest absolute Gasteiger partial charge is 0.462 e. The molecule has 1 atom stereocenters. The SMILES string of the molecule is CC/C=C\C/C=C\C/C=C\C/C=C\C/C=C\C/C=C\C/C=C\C/C=C\CCCCCCCCCCC(=O)OCC(COC(=O)CCCCCCCCC)OC(=O)CCCCCCCC/C=C\C/C=C\C/C=C\C/C=C\C/C=C\C/C=C\CC. The van der Waals surface area contributed by atoms with Crippen molar-refractivity contribution in [2.75, 3.05) is 13.2 Å². The summed E-state index contributed by atoms with van der Waals surface area (Å²) in [5, 5.41) is 0. The average molecular weight is 1140 g/mol. The highest BCUT2D eigenvalue weighted by atomic mass is 16.6. The van der Waals surface area contributed by atoms with Crippen molar-refractivity contribution < 1.29 is 28.6 Å². The van der Waals surface area contributed by atoms with E-state index in [0.29, 0.717) is 19.3 Å². The Kier molecular flexibility index (Phi) is 64.9.